The predicted octanol–water partition coefficient (Wildman–Crippen LogP) is 2.47. The van der Waals surface area contributed by atoms with E-state index in [-0.39, 0.29) is 11.8 Å². The van der Waals surface area contributed by atoms with Gasteiger partial charge in [0.25, 0.3) is 0 Å². The molecule has 1 atom stereocenters. The van der Waals surface area contributed by atoms with Gasteiger partial charge in [0.1, 0.15) is 0 Å². The van der Waals surface area contributed by atoms with Crippen LogP contribution in [-0.2, 0) is 11.3 Å². The van der Waals surface area contributed by atoms with Crippen LogP contribution in [0.2, 0.25) is 0 Å². The van der Waals surface area contributed by atoms with Crippen LogP contribution in [0.4, 0.5) is 0 Å². The summed E-state index contributed by atoms with van der Waals surface area (Å²) in [4.78, 5) is 15.3. The maximum atomic E-state index is 12.2. The minimum Gasteiger partial charge on any atom is -0.340 e. The number of hydrogen-bond acceptors (Lipinski definition) is 3. The van der Waals surface area contributed by atoms with Crippen molar-refractivity contribution >= 4 is 33.2 Å². The van der Waals surface area contributed by atoms with E-state index in [0.717, 1.165) is 30.4 Å². The average molecular weight is 317 g/mol. The maximum absolute atomic E-state index is 12.2. The first-order valence-corrected chi connectivity index (χ1v) is 7.53. The number of hydrogen-bond donors (Lipinski definition) is 1. The quantitative estimate of drug-likeness (QED) is 0.929. The highest BCUT2D eigenvalue weighted by molar-refractivity contribution is 9.10. The van der Waals surface area contributed by atoms with Gasteiger partial charge in [-0.3, -0.25) is 4.79 Å². The number of carbonyl (C=O) groups is 1. The van der Waals surface area contributed by atoms with Crippen LogP contribution >= 0.6 is 27.3 Å². The minimum atomic E-state index is 0.160. The molecule has 1 aliphatic heterocycles. The Morgan fingerprint density at radius 2 is 2.53 bits per heavy atom. The number of nitrogens with zero attached hydrogens (tertiary/aromatic N) is 1. The topological polar surface area (TPSA) is 32.3 Å². The fraction of sp³-hybridized carbons (Fsp3) is 0.583. The Kier molecular flexibility index (Phi) is 4.59. The Balaban J connectivity index is 1.93. The number of carbonyl (C=O) groups excluding carboxylic acids is 1. The fourth-order valence-electron chi connectivity index (χ4n) is 2.11. The van der Waals surface area contributed by atoms with Crippen molar-refractivity contribution in [3.63, 3.8) is 0 Å². The van der Waals surface area contributed by atoms with Crippen molar-refractivity contribution in [2.75, 3.05) is 20.1 Å². The van der Waals surface area contributed by atoms with Gasteiger partial charge in [0.15, 0.2) is 0 Å². The molecule has 1 saturated heterocycles. The third kappa shape index (κ3) is 3.30. The molecule has 94 valence electrons. The van der Waals surface area contributed by atoms with Gasteiger partial charge < -0.3 is 10.2 Å². The predicted molar refractivity (Wildman–Crippen MR) is 74.1 cm³/mol. The van der Waals surface area contributed by atoms with E-state index in [1.807, 2.05) is 23.4 Å². The molecule has 2 rings (SSSR count). The molecule has 5 heteroatoms. The number of piperidine rings is 1. The highest BCUT2D eigenvalue weighted by Gasteiger charge is 2.24. The second kappa shape index (κ2) is 5.98. The van der Waals surface area contributed by atoms with E-state index in [2.05, 4.69) is 21.2 Å². The molecular weight excluding hydrogens is 300 g/mol. The van der Waals surface area contributed by atoms with E-state index in [9.17, 15) is 4.79 Å². The highest BCUT2D eigenvalue weighted by Crippen LogP contribution is 2.24. The van der Waals surface area contributed by atoms with Gasteiger partial charge in [-0.1, -0.05) is 0 Å². The Morgan fingerprint density at radius 1 is 1.71 bits per heavy atom. The lowest BCUT2D eigenvalue weighted by atomic mass is 9.98. The summed E-state index contributed by atoms with van der Waals surface area (Å²) in [5, 5.41) is 5.33. The van der Waals surface area contributed by atoms with Gasteiger partial charge in [0, 0.05) is 22.9 Å². The van der Waals surface area contributed by atoms with Gasteiger partial charge in [-0.15, -0.1) is 11.3 Å². The van der Waals surface area contributed by atoms with Crippen molar-refractivity contribution in [3.05, 3.63) is 20.8 Å². The Morgan fingerprint density at radius 3 is 3.12 bits per heavy atom. The van der Waals surface area contributed by atoms with Gasteiger partial charge in [0.2, 0.25) is 5.91 Å². The molecule has 1 aliphatic rings. The lowest BCUT2D eigenvalue weighted by Gasteiger charge is -2.26. The van der Waals surface area contributed by atoms with Crippen LogP contribution in [0.3, 0.4) is 0 Å². The first kappa shape index (κ1) is 13.1. The zero-order valence-electron chi connectivity index (χ0n) is 9.91. The van der Waals surface area contributed by atoms with Crippen LogP contribution in [0.5, 0.6) is 0 Å². The molecular formula is C12H17BrN2OS. The summed E-state index contributed by atoms with van der Waals surface area (Å²) in [6, 6.07) is 2.03. The molecule has 1 fully saturated rings. The molecule has 1 aromatic rings. The van der Waals surface area contributed by atoms with Crippen molar-refractivity contribution in [1.29, 1.82) is 0 Å². The van der Waals surface area contributed by atoms with E-state index in [1.54, 1.807) is 11.3 Å². The molecule has 3 nitrogen and oxygen atoms in total. The molecule has 0 unspecified atom stereocenters. The molecule has 0 bridgehead atoms. The molecule has 2 heterocycles. The lowest BCUT2D eigenvalue weighted by molar-refractivity contribution is -0.135. The molecule has 0 radical (unpaired) electrons. The summed E-state index contributed by atoms with van der Waals surface area (Å²) >= 11 is 5.19. The third-order valence-corrected chi connectivity index (χ3v) is 5.01. The largest absolute Gasteiger partial charge is 0.340 e. The molecule has 1 amide bonds. The van der Waals surface area contributed by atoms with E-state index in [0.29, 0.717) is 6.54 Å². The third-order valence-electron chi connectivity index (χ3n) is 3.09. The first-order valence-electron chi connectivity index (χ1n) is 5.86. The standard InChI is InChI=1S/C12H17BrN2OS/c1-15(8-11-10(13)4-6-17-11)12(16)9-3-2-5-14-7-9/h4,6,9,14H,2-3,5,7-8H2,1H3/t9-/m0/s1. The SMILES string of the molecule is CN(Cc1sccc1Br)C(=O)[C@H]1CCCNC1. The van der Waals surface area contributed by atoms with Crippen molar-refractivity contribution in [2.24, 2.45) is 5.92 Å². The van der Waals surface area contributed by atoms with Gasteiger partial charge >= 0.3 is 0 Å². The molecule has 0 spiro atoms. The Hall–Kier alpha value is -0.390. The summed E-state index contributed by atoms with van der Waals surface area (Å²) in [7, 11) is 1.89. The van der Waals surface area contributed by atoms with Crippen molar-refractivity contribution < 1.29 is 4.79 Å². The number of thiophene rings is 1. The molecule has 0 aromatic carbocycles. The number of amides is 1. The van der Waals surface area contributed by atoms with Gasteiger partial charge in [0.05, 0.1) is 12.5 Å². The van der Waals surface area contributed by atoms with Crippen LogP contribution in [-0.4, -0.2) is 30.9 Å². The highest BCUT2D eigenvalue weighted by atomic mass is 79.9. The summed E-state index contributed by atoms with van der Waals surface area (Å²) in [6.45, 7) is 2.58. The first-order chi connectivity index (χ1) is 8.18. The number of rotatable bonds is 3. The lowest BCUT2D eigenvalue weighted by Crippen LogP contribution is -2.41. The van der Waals surface area contributed by atoms with Gasteiger partial charge in [-0.2, -0.15) is 0 Å². The van der Waals surface area contributed by atoms with E-state index in [4.69, 9.17) is 0 Å². The molecule has 1 N–H and O–H groups in total. The van der Waals surface area contributed by atoms with Crippen LogP contribution in [0, 0.1) is 5.92 Å². The number of halogens is 1. The van der Waals surface area contributed by atoms with Crippen LogP contribution in [0.1, 0.15) is 17.7 Å². The van der Waals surface area contributed by atoms with Gasteiger partial charge in [-0.25, -0.2) is 0 Å². The number of nitrogens with one attached hydrogen (secondary N) is 1. The summed E-state index contributed by atoms with van der Waals surface area (Å²) in [5.74, 6) is 0.421. The Bertz CT molecular complexity index is 388. The minimum absolute atomic E-state index is 0.160. The Labute approximate surface area is 114 Å². The monoisotopic (exact) mass is 316 g/mol. The maximum Gasteiger partial charge on any atom is 0.227 e. The van der Waals surface area contributed by atoms with Crippen LogP contribution < -0.4 is 5.32 Å². The van der Waals surface area contributed by atoms with Crippen molar-refractivity contribution in [1.82, 2.24) is 10.2 Å². The zero-order valence-corrected chi connectivity index (χ0v) is 12.3. The normalized spacial score (nSPS) is 20.2. The van der Waals surface area contributed by atoms with Crippen molar-refractivity contribution in [3.8, 4) is 0 Å². The molecule has 17 heavy (non-hydrogen) atoms. The summed E-state index contributed by atoms with van der Waals surface area (Å²) < 4.78 is 1.10. The van der Waals surface area contributed by atoms with E-state index >= 15 is 0 Å². The molecule has 0 saturated carbocycles. The van der Waals surface area contributed by atoms with E-state index < -0.39 is 0 Å². The average Bonchev–Trinajstić information content (AvgIpc) is 2.75. The second-order valence-electron chi connectivity index (χ2n) is 4.43. The van der Waals surface area contributed by atoms with E-state index in [1.165, 1.54) is 4.88 Å². The van der Waals surface area contributed by atoms with Gasteiger partial charge in [-0.05, 0) is 46.8 Å². The summed E-state index contributed by atoms with van der Waals surface area (Å²) in [5.41, 5.74) is 0. The summed E-state index contributed by atoms with van der Waals surface area (Å²) in [6.07, 6.45) is 2.12. The zero-order chi connectivity index (χ0) is 12.3. The van der Waals surface area contributed by atoms with Crippen molar-refractivity contribution in [2.45, 2.75) is 19.4 Å². The van der Waals surface area contributed by atoms with Crippen LogP contribution in [0.15, 0.2) is 15.9 Å². The van der Waals surface area contributed by atoms with Crippen LogP contribution in [0.25, 0.3) is 0 Å². The fourth-order valence-corrected chi connectivity index (χ4v) is 3.64. The second-order valence-corrected chi connectivity index (χ2v) is 6.28. The smallest absolute Gasteiger partial charge is 0.227 e. The molecule has 0 aliphatic carbocycles. The molecule has 1 aromatic heterocycles.